The van der Waals surface area contributed by atoms with Crippen LogP contribution in [0.25, 0.3) is 0 Å². The predicted molar refractivity (Wildman–Crippen MR) is 63.3 cm³/mol. The number of nitrogens with one attached hydrogen (secondary N) is 4. The van der Waals surface area contributed by atoms with Crippen molar-refractivity contribution in [3.63, 3.8) is 0 Å². The minimum Gasteiger partial charge on any atom is -0.311 e. The molecule has 2 heterocycles. The monoisotopic (exact) mass is 249 g/mol. The lowest BCUT2D eigenvalue weighted by molar-refractivity contribution is -0.115. The van der Waals surface area contributed by atoms with E-state index in [0.717, 1.165) is 5.56 Å². The minimum absolute atomic E-state index is 0.0996. The SMILES string of the molecule is Cc1cn[nH]c1NC(=O)Cc1cc(=O)[nH]c(=O)[nH]1. The lowest BCUT2D eigenvalue weighted by atomic mass is 10.3. The Morgan fingerprint density at radius 3 is 2.78 bits per heavy atom. The second kappa shape index (κ2) is 4.70. The first kappa shape index (κ1) is 11.8. The maximum absolute atomic E-state index is 11.7. The van der Waals surface area contributed by atoms with Gasteiger partial charge in [0.2, 0.25) is 5.91 Å². The van der Waals surface area contributed by atoms with Crippen LogP contribution in [0.2, 0.25) is 0 Å². The summed E-state index contributed by atoms with van der Waals surface area (Å²) in [6.07, 6.45) is 1.47. The van der Waals surface area contributed by atoms with Gasteiger partial charge in [-0.15, -0.1) is 0 Å². The van der Waals surface area contributed by atoms with Gasteiger partial charge in [-0.1, -0.05) is 0 Å². The number of hydrogen-bond donors (Lipinski definition) is 4. The van der Waals surface area contributed by atoms with E-state index < -0.39 is 11.2 Å². The molecule has 0 aromatic carbocycles. The third kappa shape index (κ3) is 2.73. The highest BCUT2D eigenvalue weighted by molar-refractivity contribution is 5.91. The van der Waals surface area contributed by atoms with Crippen LogP contribution in [0.4, 0.5) is 5.82 Å². The van der Waals surface area contributed by atoms with E-state index in [1.54, 1.807) is 13.1 Å². The molecule has 0 aliphatic heterocycles. The van der Waals surface area contributed by atoms with Crippen LogP contribution < -0.4 is 16.6 Å². The van der Waals surface area contributed by atoms with Crippen LogP contribution in [0.1, 0.15) is 11.3 Å². The second-order valence-corrected chi connectivity index (χ2v) is 3.77. The van der Waals surface area contributed by atoms with E-state index in [2.05, 4.69) is 20.5 Å². The number of rotatable bonds is 3. The summed E-state index contributed by atoms with van der Waals surface area (Å²) >= 11 is 0. The Hall–Kier alpha value is -2.64. The molecule has 8 nitrogen and oxygen atoms in total. The molecule has 0 aliphatic carbocycles. The van der Waals surface area contributed by atoms with Gasteiger partial charge in [-0.05, 0) is 6.92 Å². The summed E-state index contributed by atoms with van der Waals surface area (Å²) in [5.74, 6) is 0.135. The number of hydrogen-bond acceptors (Lipinski definition) is 4. The van der Waals surface area contributed by atoms with Gasteiger partial charge in [-0.2, -0.15) is 5.10 Å². The number of aromatic amines is 3. The molecule has 2 rings (SSSR count). The molecule has 18 heavy (non-hydrogen) atoms. The average Bonchev–Trinajstić information content (AvgIpc) is 2.62. The molecule has 0 unspecified atom stereocenters. The Morgan fingerprint density at radius 1 is 1.39 bits per heavy atom. The molecule has 94 valence electrons. The summed E-state index contributed by atoms with van der Waals surface area (Å²) in [6.45, 7) is 1.79. The Balaban J connectivity index is 2.10. The molecule has 0 bridgehead atoms. The average molecular weight is 249 g/mol. The van der Waals surface area contributed by atoms with Gasteiger partial charge >= 0.3 is 5.69 Å². The van der Waals surface area contributed by atoms with Gasteiger partial charge in [-0.25, -0.2) is 4.79 Å². The van der Waals surface area contributed by atoms with Crippen LogP contribution in [0.15, 0.2) is 21.9 Å². The zero-order valence-corrected chi connectivity index (χ0v) is 9.53. The summed E-state index contributed by atoms with van der Waals surface area (Å²) in [5.41, 5.74) is -0.136. The molecular weight excluding hydrogens is 238 g/mol. The van der Waals surface area contributed by atoms with Gasteiger partial charge < -0.3 is 10.3 Å². The molecule has 0 atom stereocenters. The van der Waals surface area contributed by atoms with Gasteiger partial charge in [-0.3, -0.25) is 19.7 Å². The lowest BCUT2D eigenvalue weighted by Gasteiger charge is -2.03. The summed E-state index contributed by atoms with van der Waals surface area (Å²) in [6, 6.07) is 1.17. The molecule has 0 saturated carbocycles. The maximum Gasteiger partial charge on any atom is 0.325 e. The largest absolute Gasteiger partial charge is 0.325 e. The standard InChI is InChI=1S/C10H11N5O3/c1-5-4-11-15-9(5)13-7(16)2-6-3-8(17)14-10(18)12-6/h3-4H,2H2,1H3,(H2,11,13,15,16)(H2,12,14,17,18). The van der Waals surface area contributed by atoms with Crippen LogP contribution in [0, 0.1) is 6.92 Å². The summed E-state index contributed by atoms with van der Waals surface area (Å²) < 4.78 is 0. The van der Waals surface area contributed by atoms with Crippen molar-refractivity contribution in [3.05, 3.63) is 44.4 Å². The van der Waals surface area contributed by atoms with Crippen molar-refractivity contribution < 1.29 is 4.79 Å². The molecule has 2 aromatic rings. The quantitative estimate of drug-likeness (QED) is 0.572. The van der Waals surface area contributed by atoms with Gasteiger partial charge in [0.15, 0.2) is 0 Å². The van der Waals surface area contributed by atoms with Gasteiger partial charge in [0.05, 0.1) is 12.6 Å². The van der Waals surface area contributed by atoms with Crippen molar-refractivity contribution in [3.8, 4) is 0 Å². The number of aromatic nitrogens is 4. The number of anilines is 1. The molecule has 1 amide bonds. The van der Waals surface area contributed by atoms with Crippen LogP contribution in [-0.4, -0.2) is 26.1 Å². The van der Waals surface area contributed by atoms with Crippen LogP contribution >= 0.6 is 0 Å². The van der Waals surface area contributed by atoms with Crippen molar-refractivity contribution in [1.29, 1.82) is 0 Å². The van der Waals surface area contributed by atoms with Crippen LogP contribution in [0.3, 0.4) is 0 Å². The van der Waals surface area contributed by atoms with Crippen molar-refractivity contribution in [2.24, 2.45) is 0 Å². The molecule has 8 heteroatoms. The summed E-state index contributed by atoms with van der Waals surface area (Å²) in [4.78, 5) is 38.1. The molecule has 0 aliphatic rings. The highest BCUT2D eigenvalue weighted by Crippen LogP contribution is 2.08. The van der Waals surface area contributed by atoms with E-state index in [0.29, 0.717) is 5.82 Å². The normalized spacial score (nSPS) is 10.3. The highest BCUT2D eigenvalue weighted by Gasteiger charge is 2.08. The fraction of sp³-hybridized carbons (Fsp3) is 0.200. The number of H-pyrrole nitrogens is 3. The van der Waals surface area contributed by atoms with Crippen molar-refractivity contribution in [2.75, 3.05) is 5.32 Å². The Morgan fingerprint density at radius 2 is 2.17 bits per heavy atom. The Labute approximate surface area is 100 Å². The molecule has 0 spiro atoms. The van der Waals surface area contributed by atoms with Crippen molar-refractivity contribution >= 4 is 11.7 Å². The highest BCUT2D eigenvalue weighted by atomic mass is 16.2. The predicted octanol–water partition coefficient (Wildman–Crippen LogP) is -0.724. The number of carbonyl (C=O) groups is 1. The summed E-state index contributed by atoms with van der Waals surface area (Å²) in [5, 5.41) is 8.97. The molecule has 0 saturated heterocycles. The molecule has 4 N–H and O–H groups in total. The van der Waals surface area contributed by atoms with Gasteiger partial charge in [0.1, 0.15) is 5.82 Å². The first-order valence-electron chi connectivity index (χ1n) is 5.17. The lowest BCUT2D eigenvalue weighted by Crippen LogP contribution is -2.25. The van der Waals surface area contributed by atoms with E-state index in [1.807, 2.05) is 4.98 Å². The molecule has 2 aromatic heterocycles. The zero-order chi connectivity index (χ0) is 13.1. The Kier molecular flexibility index (Phi) is 3.09. The molecule has 0 radical (unpaired) electrons. The fourth-order valence-corrected chi connectivity index (χ4v) is 1.44. The second-order valence-electron chi connectivity index (χ2n) is 3.77. The zero-order valence-electron chi connectivity index (χ0n) is 9.53. The maximum atomic E-state index is 11.7. The van der Waals surface area contributed by atoms with Gasteiger partial charge in [0, 0.05) is 17.3 Å². The number of carbonyl (C=O) groups excluding carboxylic acids is 1. The van der Waals surface area contributed by atoms with Gasteiger partial charge in [0.25, 0.3) is 5.56 Å². The van der Waals surface area contributed by atoms with E-state index in [-0.39, 0.29) is 18.0 Å². The van der Waals surface area contributed by atoms with E-state index in [4.69, 9.17) is 0 Å². The van der Waals surface area contributed by atoms with Crippen molar-refractivity contribution in [1.82, 2.24) is 20.2 Å². The van der Waals surface area contributed by atoms with E-state index >= 15 is 0 Å². The Bertz CT molecular complexity index is 653. The number of amides is 1. The first-order valence-corrected chi connectivity index (χ1v) is 5.17. The third-order valence-electron chi connectivity index (χ3n) is 2.26. The number of aryl methyl sites for hydroxylation is 1. The first-order chi connectivity index (χ1) is 8.54. The smallest absolute Gasteiger partial charge is 0.311 e. The van der Waals surface area contributed by atoms with Crippen molar-refractivity contribution in [2.45, 2.75) is 13.3 Å². The van der Waals surface area contributed by atoms with E-state index in [1.165, 1.54) is 6.07 Å². The molecular formula is C10H11N5O3. The fourth-order valence-electron chi connectivity index (χ4n) is 1.44. The number of nitrogens with zero attached hydrogens (tertiary/aromatic N) is 1. The van der Waals surface area contributed by atoms with Crippen LogP contribution in [-0.2, 0) is 11.2 Å². The van der Waals surface area contributed by atoms with E-state index in [9.17, 15) is 14.4 Å². The minimum atomic E-state index is -0.636. The third-order valence-corrected chi connectivity index (χ3v) is 2.26. The van der Waals surface area contributed by atoms with Crippen LogP contribution in [0.5, 0.6) is 0 Å². The summed E-state index contributed by atoms with van der Waals surface area (Å²) in [7, 11) is 0. The molecule has 0 fully saturated rings. The topological polar surface area (TPSA) is 123 Å².